The minimum absolute atomic E-state index is 0. The topological polar surface area (TPSA) is 101 Å². The number of nitrogens with one attached hydrogen (secondary N) is 1. The Kier molecular flexibility index (Phi) is 6.00. The van der Waals surface area contributed by atoms with E-state index < -0.39 is 18.5 Å². The van der Waals surface area contributed by atoms with Crippen LogP contribution in [0.1, 0.15) is 38.2 Å². The minimum atomic E-state index is -4.51. The Hall–Kier alpha value is -3.17. The fourth-order valence-corrected chi connectivity index (χ4v) is 3.19. The van der Waals surface area contributed by atoms with E-state index >= 15 is 0 Å². The molecule has 3 heterocycles. The molecule has 2 aromatic heterocycles. The zero-order valence-corrected chi connectivity index (χ0v) is 15.4. The predicted octanol–water partition coefficient (Wildman–Crippen LogP) is 2.82. The maximum absolute atomic E-state index is 12.6. The smallest absolute Gasteiger partial charge is 0.383 e. The van der Waals surface area contributed by atoms with Crippen molar-refractivity contribution >= 4 is 23.3 Å². The standard InChI is InChI=1S/C19H20F3N5O2.2H2/c20-19(21,22)11-16(28)25-12-6-9-27(10-7-12)15-5-1-4-14(26-15)17(29)13-3-2-8-24-18(13)23;;/h1-5,8,12H,6-7,9-11H2,(H2,23,24)(H,25,28);2*1H. The van der Waals surface area contributed by atoms with Gasteiger partial charge in [0.05, 0.1) is 5.56 Å². The number of hydrogen-bond acceptors (Lipinski definition) is 6. The molecule has 0 atom stereocenters. The Morgan fingerprint density at radius 2 is 1.93 bits per heavy atom. The van der Waals surface area contributed by atoms with Gasteiger partial charge in [-0.25, -0.2) is 9.97 Å². The molecule has 1 saturated heterocycles. The third-order valence-electron chi connectivity index (χ3n) is 4.60. The van der Waals surface area contributed by atoms with E-state index in [2.05, 4.69) is 15.3 Å². The van der Waals surface area contributed by atoms with Crippen molar-refractivity contribution < 1.29 is 25.6 Å². The van der Waals surface area contributed by atoms with E-state index in [0.717, 1.165) is 0 Å². The van der Waals surface area contributed by atoms with Gasteiger partial charge in [-0.1, -0.05) is 6.07 Å². The number of pyridine rings is 2. The van der Waals surface area contributed by atoms with E-state index in [0.29, 0.717) is 31.7 Å². The molecule has 0 aromatic carbocycles. The van der Waals surface area contributed by atoms with Crippen molar-refractivity contribution in [3.63, 3.8) is 0 Å². The summed E-state index contributed by atoms with van der Waals surface area (Å²) in [7, 11) is 0. The summed E-state index contributed by atoms with van der Waals surface area (Å²) in [6.07, 6.45) is -3.53. The number of nitrogens with two attached hydrogens (primary N) is 1. The molecule has 0 bridgehead atoms. The van der Waals surface area contributed by atoms with Crippen LogP contribution in [0.15, 0.2) is 36.5 Å². The van der Waals surface area contributed by atoms with Crippen molar-refractivity contribution in [2.45, 2.75) is 31.5 Å². The first-order chi connectivity index (χ1) is 13.7. The molecule has 3 rings (SSSR count). The van der Waals surface area contributed by atoms with Crippen molar-refractivity contribution in [1.29, 1.82) is 0 Å². The predicted molar refractivity (Wildman–Crippen MR) is 105 cm³/mol. The number of rotatable bonds is 5. The monoisotopic (exact) mass is 411 g/mol. The third-order valence-corrected chi connectivity index (χ3v) is 4.60. The number of carbonyl (C=O) groups is 2. The highest BCUT2D eigenvalue weighted by Gasteiger charge is 2.32. The van der Waals surface area contributed by atoms with Gasteiger partial charge in [-0.15, -0.1) is 0 Å². The summed E-state index contributed by atoms with van der Waals surface area (Å²) in [6.45, 7) is 0.993. The SMILES string of the molecule is Nc1ncccc1C(=O)c1cccc(N2CCC(NC(=O)CC(F)(F)F)CC2)n1.[HH].[HH]. The quantitative estimate of drug-likeness (QED) is 0.734. The molecule has 158 valence electrons. The number of aromatic nitrogens is 2. The lowest BCUT2D eigenvalue weighted by atomic mass is 10.0. The van der Waals surface area contributed by atoms with Gasteiger partial charge in [0, 0.05) is 28.2 Å². The zero-order chi connectivity index (χ0) is 21.0. The number of carbonyl (C=O) groups excluding carboxylic acids is 2. The Labute approximate surface area is 168 Å². The summed E-state index contributed by atoms with van der Waals surface area (Å²) in [4.78, 5) is 34.3. The Morgan fingerprint density at radius 1 is 1.21 bits per heavy atom. The highest BCUT2D eigenvalue weighted by atomic mass is 19.4. The number of alkyl halides is 3. The van der Waals surface area contributed by atoms with Gasteiger partial charge < -0.3 is 16.0 Å². The lowest BCUT2D eigenvalue weighted by Gasteiger charge is -2.33. The zero-order valence-electron chi connectivity index (χ0n) is 15.4. The van der Waals surface area contributed by atoms with E-state index in [1.165, 1.54) is 6.20 Å². The summed E-state index contributed by atoms with van der Waals surface area (Å²) in [5, 5.41) is 2.42. The van der Waals surface area contributed by atoms with Crippen LogP contribution in [0.5, 0.6) is 0 Å². The lowest BCUT2D eigenvalue weighted by Crippen LogP contribution is -2.45. The molecule has 1 fully saturated rings. The van der Waals surface area contributed by atoms with Crippen LogP contribution in [0, 0.1) is 0 Å². The average Bonchev–Trinajstić information content (AvgIpc) is 2.67. The second kappa shape index (κ2) is 8.46. The molecule has 0 aliphatic carbocycles. The van der Waals surface area contributed by atoms with Gasteiger partial charge in [-0.3, -0.25) is 9.59 Å². The summed E-state index contributed by atoms with van der Waals surface area (Å²) in [6, 6.07) is 7.92. The van der Waals surface area contributed by atoms with Gasteiger partial charge in [-0.05, 0) is 37.1 Å². The molecule has 0 radical (unpaired) electrons. The molecule has 3 N–H and O–H groups in total. The summed E-state index contributed by atoms with van der Waals surface area (Å²) >= 11 is 0. The first kappa shape index (κ1) is 20.6. The number of nitrogen functional groups attached to an aromatic ring is 1. The number of hydrogen-bond donors (Lipinski definition) is 2. The number of piperidine rings is 1. The molecule has 1 aliphatic heterocycles. The molecule has 10 heteroatoms. The van der Waals surface area contributed by atoms with Gasteiger partial charge in [0.1, 0.15) is 23.8 Å². The van der Waals surface area contributed by atoms with Crippen LogP contribution in [0.4, 0.5) is 24.8 Å². The van der Waals surface area contributed by atoms with E-state index in [4.69, 9.17) is 5.73 Å². The Morgan fingerprint density at radius 3 is 2.59 bits per heavy atom. The van der Waals surface area contributed by atoms with Crippen LogP contribution in [0.3, 0.4) is 0 Å². The van der Waals surface area contributed by atoms with E-state index in [9.17, 15) is 22.8 Å². The summed E-state index contributed by atoms with van der Waals surface area (Å²) in [5.41, 5.74) is 6.25. The molecule has 7 nitrogen and oxygen atoms in total. The fraction of sp³-hybridized carbons (Fsp3) is 0.368. The van der Waals surface area contributed by atoms with Crippen molar-refractivity contribution in [3.8, 4) is 0 Å². The molecule has 0 spiro atoms. The fourth-order valence-electron chi connectivity index (χ4n) is 3.19. The molecule has 1 amide bonds. The van der Waals surface area contributed by atoms with Crippen molar-refractivity contribution in [2.24, 2.45) is 0 Å². The van der Waals surface area contributed by atoms with E-state index in [1.54, 1.807) is 30.3 Å². The number of halogens is 3. The summed E-state index contributed by atoms with van der Waals surface area (Å²) < 4.78 is 36.8. The Balaban J connectivity index is 0.00000240. The van der Waals surface area contributed by atoms with E-state index in [1.807, 2.05) is 4.90 Å². The van der Waals surface area contributed by atoms with E-state index in [-0.39, 0.29) is 31.8 Å². The molecule has 2 aromatic rings. The van der Waals surface area contributed by atoms with Crippen molar-refractivity contribution in [3.05, 3.63) is 47.8 Å². The van der Waals surface area contributed by atoms with Crippen LogP contribution in [0.2, 0.25) is 0 Å². The molecule has 29 heavy (non-hydrogen) atoms. The average molecular weight is 411 g/mol. The van der Waals surface area contributed by atoms with Crippen LogP contribution in [-0.4, -0.2) is 47.0 Å². The number of nitrogens with zero attached hydrogens (tertiary/aromatic N) is 3. The molecule has 0 saturated carbocycles. The van der Waals surface area contributed by atoms with Crippen LogP contribution in [0.25, 0.3) is 0 Å². The maximum Gasteiger partial charge on any atom is 0.397 e. The first-order valence-electron chi connectivity index (χ1n) is 9.06. The van der Waals surface area contributed by atoms with Crippen LogP contribution >= 0.6 is 0 Å². The van der Waals surface area contributed by atoms with Gasteiger partial charge in [0.15, 0.2) is 0 Å². The summed E-state index contributed by atoms with van der Waals surface area (Å²) in [5.74, 6) is -0.652. The van der Waals surface area contributed by atoms with Gasteiger partial charge in [-0.2, -0.15) is 13.2 Å². The number of amides is 1. The van der Waals surface area contributed by atoms with Crippen molar-refractivity contribution in [2.75, 3.05) is 23.7 Å². The second-order valence-electron chi connectivity index (χ2n) is 6.77. The van der Waals surface area contributed by atoms with Gasteiger partial charge in [0.2, 0.25) is 11.7 Å². The minimum Gasteiger partial charge on any atom is -0.383 e. The largest absolute Gasteiger partial charge is 0.397 e. The van der Waals surface area contributed by atoms with Gasteiger partial charge >= 0.3 is 6.18 Å². The highest BCUT2D eigenvalue weighted by Crippen LogP contribution is 2.22. The normalized spacial score (nSPS) is 15.2. The molecule has 1 aliphatic rings. The Bertz CT molecular complexity index is 906. The molecule has 0 unspecified atom stereocenters. The number of anilines is 2. The highest BCUT2D eigenvalue weighted by molar-refractivity contribution is 6.10. The first-order valence-corrected chi connectivity index (χ1v) is 9.06. The van der Waals surface area contributed by atoms with Gasteiger partial charge in [0.25, 0.3) is 0 Å². The lowest BCUT2D eigenvalue weighted by molar-refractivity contribution is -0.154. The maximum atomic E-state index is 12.6. The molecular formula is C19H24F3N5O2. The van der Waals surface area contributed by atoms with Crippen molar-refractivity contribution in [1.82, 2.24) is 15.3 Å². The second-order valence-corrected chi connectivity index (χ2v) is 6.77. The van der Waals surface area contributed by atoms with Crippen LogP contribution in [-0.2, 0) is 4.79 Å². The number of ketones is 1. The third kappa shape index (κ3) is 5.43. The molecular weight excluding hydrogens is 387 g/mol. The van der Waals surface area contributed by atoms with Crippen LogP contribution < -0.4 is 16.0 Å².